The zero-order valence-electron chi connectivity index (χ0n) is 12.5. The van der Waals surface area contributed by atoms with Crippen molar-refractivity contribution in [2.45, 2.75) is 37.8 Å². The normalized spacial score (nSPS) is 21.8. The molecular formula is C16H24N2O3. The number of anilines is 1. The third-order valence-corrected chi connectivity index (χ3v) is 3.92. The zero-order valence-corrected chi connectivity index (χ0v) is 12.5. The number of aliphatic hydroxyl groups excluding tert-OH is 1. The standard InChI is InChI=1S/C16H24N2O3/c1-21-15-8-6-14(7-9-15)18-13-4-2-12(3-5-13)16(20)17-10-11-19/h2-5,14-15,18-19H,6-11H2,1H3,(H,17,20). The summed E-state index contributed by atoms with van der Waals surface area (Å²) in [7, 11) is 1.78. The van der Waals surface area contributed by atoms with E-state index in [-0.39, 0.29) is 19.1 Å². The molecule has 0 aromatic heterocycles. The highest BCUT2D eigenvalue weighted by Crippen LogP contribution is 2.23. The van der Waals surface area contributed by atoms with Crippen LogP contribution in [0.4, 0.5) is 5.69 Å². The fourth-order valence-corrected chi connectivity index (χ4v) is 2.67. The molecule has 5 nitrogen and oxygen atoms in total. The van der Waals surface area contributed by atoms with E-state index in [0.717, 1.165) is 31.4 Å². The van der Waals surface area contributed by atoms with Crippen molar-refractivity contribution < 1.29 is 14.6 Å². The van der Waals surface area contributed by atoms with E-state index in [1.165, 1.54) is 0 Å². The number of hydrogen-bond acceptors (Lipinski definition) is 4. The highest BCUT2D eigenvalue weighted by molar-refractivity contribution is 5.94. The van der Waals surface area contributed by atoms with E-state index in [9.17, 15) is 4.79 Å². The molecule has 2 rings (SSSR count). The lowest BCUT2D eigenvalue weighted by Gasteiger charge is -2.28. The Morgan fingerprint density at radius 3 is 2.48 bits per heavy atom. The van der Waals surface area contributed by atoms with Crippen LogP contribution >= 0.6 is 0 Å². The Morgan fingerprint density at radius 2 is 1.90 bits per heavy atom. The van der Waals surface area contributed by atoms with Gasteiger partial charge in [-0.05, 0) is 49.9 Å². The van der Waals surface area contributed by atoms with Gasteiger partial charge >= 0.3 is 0 Å². The van der Waals surface area contributed by atoms with Crippen LogP contribution in [0.2, 0.25) is 0 Å². The number of carbonyl (C=O) groups excluding carboxylic acids is 1. The van der Waals surface area contributed by atoms with Crippen LogP contribution in [0.1, 0.15) is 36.0 Å². The van der Waals surface area contributed by atoms with E-state index >= 15 is 0 Å². The molecule has 0 heterocycles. The molecule has 0 spiro atoms. The SMILES string of the molecule is COC1CCC(Nc2ccc(C(=O)NCCO)cc2)CC1. The Morgan fingerprint density at radius 1 is 1.24 bits per heavy atom. The van der Waals surface area contributed by atoms with Crippen LogP contribution in [-0.2, 0) is 4.74 Å². The molecule has 1 aromatic rings. The van der Waals surface area contributed by atoms with Crippen molar-refractivity contribution in [2.75, 3.05) is 25.6 Å². The molecule has 0 atom stereocenters. The molecule has 1 fully saturated rings. The minimum atomic E-state index is -0.156. The van der Waals surface area contributed by atoms with Gasteiger partial charge in [-0.2, -0.15) is 0 Å². The minimum absolute atomic E-state index is 0.0461. The summed E-state index contributed by atoms with van der Waals surface area (Å²) >= 11 is 0. The van der Waals surface area contributed by atoms with Crippen molar-refractivity contribution in [2.24, 2.45) is 0 Å². The molecule has 21 heavy (non-hydrogen) atoms. The van der Waals surface area contributed by atoms with E-state index in [0.29, 0.717) is 17.7 Å². The van der Waals surface area contributed by atoms with Gasteiger partial charge in [-0.3, -0.25) is 4.79 Å². The lowest BCUT2D eigenvalue weighted by molar-refractivity contribution is 0.0682. The Balaban J connectivity index is 1.84. The number of methoxy groups -OCH3 is 1. The maximum Gasteiger partial charge on any atom is 0.251 e. The highest BCUT2D eigenvalue weighted by Gasteiger charge is 2.20. The van der Waals surface area contributed by atoms with Crippen LogP contribution in [0.5, 0.6) is 0 Å². The summed E-state index contributed by atoms with van der Waals surface area (Å²) in [4.78, 5) is 11.7. The number of ether oxygens (including phenoxy) is 1. The molecule has 3 N–H and O–H groups in total. The first kappa shape index (κ1) is 15.8. The van der Waals surface area contributed by atoms with Crippen LogP contribution in [0.15, 0.2) is 24.3 Å². The molecule has 0 aliphatic heterocycles. The predicted molar refractivity (Wildman–Crippen MR) is 82.5 cm³/mol. The first-order chi connectivity index (χ1) is 10.2. The summed E-state index contributed by atoms with van der Waals surface area (Å²) in [5.74, 6) is -0.156. The summed E-state index contributed by atoms with van der Waals surface area (Å²) in [5, 5.41) is 14.8. The molecule has 1 aromatic carbocycles. The van der Waals surface area contributed by atoms with Gasteiger partial charge in [0.2, 0.25) is 0 Å². The summed E-state index contributed by atoms with van der Waals surface area (Å²) in [6.45, 7) is 0.233. The minimum Gasteiger partial charge on any atom is -0.395 e. The molecule has 1 saturated carbocycles. The van der Waals surface area contributed by atoms with Crippen molar-refractivity contribution in [1.29, 1.82) is 0 Å². The third-order valence-electron chi connectivity index (χ3n) is 3.92. The first-order valence-electron chi connectivity index (χ1n) is 7.51. The number of amides is 1. The van der Waals surface area contributed by atoms with Gasteiger partial charge in [0.1, 0.15) is 0 Å². The molecule has 0 radical (unpaired) electrons. The molecule has 1 aliphatic rings. The van der Waals surface area contributed by atoms with Crippen molar-refractivity contribution in [3.8, 4) is 0 Å². The average molecular weight is 292 g/mol. The number of nitrogens with one attached hydrogen (secondary N) is 2. The van der Waals surface area contributed by atoms with Crippen molar-refractivity contribution >= 4 is 11.6 Å². The highest BCUT2D eigenvalue weighted by atomic mass is 16.5. The van der Waals surface area contributed by atoms with E-state index < -0.39 is 0 Å². The lowest BCUT2D eigenvalue weighted by atomic mass is 9.93. The van der Waals surface area contributed by atoms with Crippen molar-refractivity contribution in [1.82, 2.24) is 5.32 Å². The van der Waals surface area contributed by atoms with Gasteiger partial charge in [-0.15, -0.1) is 0 Å². The molecule has 1 aliphatic carbocycles. The Hall–Kier alpha value is -1.59. The van der Waals surface area contributed by atoms with Crippen LogP contribution in [0.3, 0.4) is 0 Å². The quantitative estimate of drug-likeness (QED) is 0.747. The second-order valence-corrected chi connectivity index (χ2v) is 5.41. The number of aliphatic hydroxyl groups is 1. The van der Waals surface area contributed by atoms with Crippen LogP contribution in [0.25, 0.3) is 0 Å². The fraction of sp³-hybridized carbons (Fsp3) is 0.562. The van der Waals surface area contributed by atoms with E-state index in [4.69, 9.17) is 9.84 Å². The van der Waals surface area contributed by atoms with Gasteiger partial charge in [0.25, 0.3) is 5.91 Å². The van der Waals surface area contributed by atoms with Gasteiger partial charge in [-0.1, -0.05) is 0 Å². The molecule has 1 amide bonds. The number of benzene rings is 1. The maximum absolute atomic E-state index is 11.7. The molecule has 5 heteroatoms. The van der Waals surface area contributed by atoms with E-state index in [1.54, 1.807) is 19.2 Å². The lowest BCUT2D eigenvalue weighted by Crippen LogP contribution is -2.29. The van der Waals surface area contributed by atoms with Gasteiger partial charge in [-0.25, -0.2) is 0 Å². The second kappa shape index (κ2) is 8.00. The smallest absolute Gasteiger partial charge is 0.251 e. The largest absolute Gasteiger partial charge is 0.395 e. The van der Waals surface area contributed by atoms with Crippen LogP contribution < -0.4 is 10.6 Å². The topological polar surface area (TPSA) is 70.6 Å². The Bertz CT molecular complexity index is 439. The van der Waals surface area contributed by atoms with Crippen molar-refractivity contribution in [3.63, 3.8) is 0 Å². The van der Waals surface area contributed by atoms with Gasteiger partial charge in [0.15, 0.2) is 0 Å². The van der Waals surface area contributed by atoms with Crippen molar-refractivity contribution in [3.05, 3.63) is 29.8 Å². The van der Waals surface area contributed by atoms with Crippen LogP contribution in [-0.4, -0.2) is 43.4 Å². The monoisotopic (exact) mass is 292 g/mol. The molecule has 0 bridgehead atoms. The number of rotatable bonds is 6. The second-order valence-electron chi connectivity index (χ2n) is 5.41. The van der Waals surface area contributed by atoms with Gasteiger partial charge in [0.05, 0.1) is 12.7 Å². The Kier molecular flexibility index (Phi) is 6.02. The maximum atomic E-state index is 11.7. The Labute approximate surface area is 125 Å². The molecule has 116 valence electrons. The molecule has 0 saturated heterocycles. The van der Waals surface area contributed by atoms with E-state index in [2.05, 4.69) is 10.6 Å². The van der Waals surface area contributed by atoms with Gasteiger partial charge < -0.3 is 20.5 Å². The average Bonchev–Trinajstić information content (AvgIpc) is 2.54. The summed E-state index contributed by atoms with van der Waals surface area (Å²) in [5.41, 5.74) is 1.65. The zero-order chi connectivity index (χ0) is 15.1. The third kappa shape index (κ3) is 4.72. The number of hydrogen-bond donors (Lipinski definition) is 3. The van der Waals surface area contributed by atoms with E-state index in [1.807, 2.05) is 12.1 Å². The summed E-state index contributed by atoms with van der Waals surface area (Å²) < 4.78 is 5.37. The predicted octanol–water partition coefficient (Wildman–Crippen LogP) is 1.78. The van der Waals surface area contributed by atoms with Crippen LogP contribution in [0, 0.1) is 0 Å². The summed E-state index contributed by atoms with van der Waals surface area (Å²) in [6, 6.07) is 7.93. The number of carbonyl (C=O) groups is 1. The first-order valence-corrected chi connectivity index (χ1v) is 7.51. The molecule has 0 unspecified atom stereocenters. The fourth-order valence-electron chi connectivity index (χ4n) is 2.67. The van der Waals surface area contributed by atoms with Gasteiger partial charge in [0, 0.05) is 30.9 Å². The molecular weight excluding hydrogens is 268 g/mol. The summed E-state index contributed by atoms with van der Waals surface area (Å²) in [6.07, 6.45) is 4.81.